The van der Waals surface area contributed by atoms with Crippen molar-refractivity contribution < 1.29 is 4.74 Å². The van der Waals surface area contributed by atoms with Crippen LogP contribution >= 0.6 is 11.6 Å². The molecule has 0 saturated carbocycles. The topological polar surface area (TPSA) is 21.3 Å². The highest BCUT2D eigenvalue weighted by Gasteiger charge is 1.97. The lowest BCUT2D eigenvalue weighted by atomic mass is 10.3. The standard InChI is InChI=1S/C8H10ClNO/c1-11-8-5-3-2-4-7(8)10-6-9/h2-5,10H,6H2,1H3. The van der Waals surface area contributed by atoms with Crippen LogP contribution in [0.2, 0.25) is 0 Å². The molecule has 0 bridgehead atoms. The van der Waals surface area contributed by atoms with Crippen LogP contribution in [0.1, 0.15) is 0 Å². The van der Waals surface area contributed by atoms with Crippen LogP contribution in [0.25, 0.3) is 0 Å². The Morgan fingerprint density at radius 2 is 2.18 bits per heavy atom. The van der Waals surface area contributed by atoms with Gasteiger partial charge in [0.1, 0.15) is 5.75 Å². The van der Waals surface area contributed by atoms with Crippen LogP contribution in [0, 0.1) is 0 Å². The molecule has 0 aromatic heterocycles. The van der Waals surface area contributed by atoms with Gasteiger partial charge in [0.15, 0.2) is 0 Å². The predicted octanol–water partition coefficient (Wildman–Crippen LogP) is 2.30. The Kier molecular flexibility index (Phi) is 3.05. The molecule has 1 rings (SSSR count). The Morgan fingerprint density at radius 1 is 1.45 bits per heavy atom. The average molecular weight is 172 g/mol. The fourth-order valence-electron chi connectivity index (χ4n) is 0.863. The Hall–Kier alpha value is -0.890. The third-order valence-corrected chi connectivity index (χ3v) is 1.50. The van der Waals surface area contributed by atoms with Gasteiger partial charge in [0.25, 0.3) is 0 Å². The Morgan fingerprint density at radius 3 is 2.82 bits per heavy atom. The van der Waals surface area contributed by atoms with Crippen molar-refractivity contribution in [1.29, 1.82) is 0 Å². The summed E-state index contributed by atoms with van der Waals surface area (Å²) in [5.41, 5.74) is 0.921. The van der Waals surface area contributed by atoms with Gasteiger partial charge >= 0.3 is 0 Å². The lowest BCUT2D eigenvalue weighted by molar-refractivity contribution is 0.416. The first-order valence-electron chi connectivity index (χ1n) is 3.31. The van der Waals surface area contributed by atoms with Gasteiger partial charge < -0.3 is 10.1 Å². The van der Waals surface area contributed by atoms with Crippen molar-refractivity contribution in [2.45, 2.75) is 0 Å². The molecule has 11 heavy (non-hydrogen) atoms. The molecule has 0 fully saturated rings. The van der Waals surface area contributed by atoms with E-state index in [1.165, 1.54) is 0 Å². The number of rotatable bonds is 3. The SMILES string of the molecule is COc1ccccc1NCCl. The molecular formula is C8H10ClNO. The molecule has 60 valence electrons. The van der Waals surface area contributed by atoms with Gasteiger partial charge in [-0.3, -0.25) is 0 Å². The number of ether oxygens (including phenoxy) is 1. The van der Waals surface area contributed by atoms with Crippen LogP contribution < -0.4 is 10.1 Å². The molecule has 3 heteroatoms. The summed E-state index contributed by atoms with van der Waals surface area (Å²) in [6.07, 6.45) is 0. The highest BCUT2D eigenvalue weighted by atomic mass is 35.5. The number of para-hydroxylation sites is 2. The number of nitrogens with one attached hydrogen (secondary N) is 1. The normalized spacial score (nSPS) is 9.27. The number of halogens is 1. The molecule has 0 aliphatic heterocycles. The molecule has 2 nitrogen and oxygen atoms in total. The first-order chi connectivity index (χ1) is 5.38. The molecule has 0 spiro atoms. The second-order valence-electron chi connectivity index (χ2n) is 2.01. The van der Waals surface area contributed by atoms with Crippen LogP contribution in [0.4, 0.5) is 5.69 Å². The predicted molar refractivity (Wildman–Crippen MR) is 47.3 cm³/mol. The summed E-state index contributed by atoms with van der Waals surface area (Å²) in [6, 6.07) is 8.03. The first kappa shape index (κ1) is 8.21. The molecule has 1 aromatic carbocycles. The van der Waals surface area contributed by atoms with Gasteiger partial charge in [0, 0.05) is 0 Å². The minimum absolute atomic E-state index is 0.389. The van der Waals surface area contributed by atoms with Crippen LogP contribution in [-0.4, -0.2) is 13.1 Å². The third-order valence-electron chi connectivity index (χ3n) is 1.36. The van der Waals surface area contributed by atoms with E-state index in [4.69, 9.17) is 16.3 Å². The smallest absolute Gasteiger partial charge is 0.141 e. The largest absolute Gasteiger partial charge is 0.495 e. The number of hydrogen-bond acceptors (Lipinski definition) is 2. The van der Waals surface area contributed by atoms with Gasteiger partial charge in [0.2, 0.25) is 0 Å². The molecule has 1 N–H and O–H groups in total. The van der Waals surface area contributed by atoms with Gasteiger partial charge in [-0.05, 0) is 12.1 Å². The molecule has 1 aromatic rings. The highest BCUT2D eigenvalue weighted by Crippen LogP contribution is 2.22. The maximum atomic E-state index is 5.50. The minimum atomic E-state index is 0.389. The molecule has 0 aliphatic carbocycles. The summed E-state index contributed by atoms with van der Waals surface area (Å²) in [5, 5.41) is 2.97. The summed E-state index contributed by atoms with van der Waals surface area (Å²) in [4.78, 5) is 0. The van der Waals surface area contributed by atoms with Crippen molar-refractivity contribution in [3.63, 3.8) is 0 Å². The van der Waals surface area contributed by atoms with Crippen LogP contribution in [-0.2, 0) is 0 Å². The molecule has 0 amide bonds. The lowest BCUT2D eigenvalue weighted by Gasteiger charge is -2.07. The monoisotopic (exact) mass is 171 g/mol. The maximum absolute atomic E-state index is 5.50. The summed E-state index contributed by atoms with van der Waals surface area (Å²) in [6.45, 7) is 0. The van der Waals surface area contributed by atoms with E-state index in [-0.39, 0.29) is 0 Å². The fourth-order valence-corrected chi connectivity index (χ4v) is 1.01. The number of anilines is 1. The van der Waals surface area contributed by atoms with E-state index in [0.717, 1.165) is 11.4 Å². The maximum Gasteiger partial charge on any atom is 0.141 e. The zero-order chi connectivity index (χ0) is 8.10. The molecule has 0 unspecified atom stereocenters. The quantitative estimate of drug-likeness (QED) is 0.557. The molecule has 0 heterocycles. The van der Waals surface area contributed by atoms with Gasteiger partial charge in [-0.15, -0.1) is 11.6 Å². The van der Waals surface area contributed by atoms with Crippen LogP contribution in [0.3, 0.4) is 0 Å². The fraction of sp³-hybridized carbons (Fsp3) is 0.250. The van der Waals surface area contributed by atoms with Crippen molar-refractivity contribution in [2.24, 2.45) is 0 Å². The second-order valence-corrected chi connectivity index (χ2v) is 2.28. The zero-order valence-electron chi connectivity index (χ0n) is 6.30. The summed E-state index contributed by atoms with van der Waals surface area (Å²) >= 11 is 5.50. The van der Waals surface area contributed by atoms with Crippen molar-refractivity contribution >= 4 is 17.3 Å². The summed E-state index contributed by atoms with van der Waals surface area (Å²) in [5.74, 6) is 0.813. The van der Waals surface area contributed by atoms with Crippen LogP contribution in [0.15, 0.2) is 24.3 Å². The van der Waals surface area contributed by atoms with Gasteiger partial charge in [0.05, 0.1) is 18.8 Å². The Labute approximate surface area is 71.1 Å². The molecule has 0 radical (unpaired) electrons. The molecule has 0 atom stereocenters. The van der Waals surface area contributed by atoms with E-state index < -0.39 is 0 Å². The van der Waals surface area contributed by atoms with E-state index in [1.54, 1.807) is 7.11 Å². The Balaban J connectivity index is 2.83. The van der Waals surface area contributed by atoms with Gasteiger partial charge in [-0.2, -0.15) is 0 Å². The lowest BCUT2D eigenvalue weighted by Crippen LogP contribution is -1.96. The van der Waals surface area contributed by atoms with E-state index >= 15 is 0 Å². The minimum Gasteiger partial charge on any atom is -0.495 e. The van der Waals surface area contributed by atoms with Crippen molar-refractivity contribution in [3.8, 4) is 5.75 Å². The van der Waals surface area contributed by atoms with Crippen LogP contribution in [0.5, 0.6) is 5.75 Å². The highest BCUT2D eigenvalue weighted by molar-refractivity contribution is 6.18. The summed E-state index contributed by atoms with van der Waals surface area (Å²) < 4.78 is 5.08. The Bertz CT molecular complexity index is 227. The number of hydrogen-bond donors (Lipinski definition) is 1. The van der Waals surface area contributed by atoms with Crippen molar-refractivity contribution in [3.05, 3.63) is 24.3 Å². The van der Waals surface area contributed by atoms with Crippen molar-refractivity contribution in [2.75, 3.05) is 18.4 Å². The van der Waals surface area contributed by atoms with E-state index in [2.05, 4.69) is 5.32 Å². The third kappa shape index (κ3) is 2.02. The van der Waals surface area contributed by atoms with E-state index in [1.807, 2.05) is 24.3 Å². The molecule has 0 aliphatic rings. The molecular weight excluding hydrogens is 162 g/mol. The first-order valence-corrected chi connectivity index (χ1v) is 3.85. The number of methoxy groups -OCH3 is 1. The number of benzene rings is 1. The number of alkyl halides is 1. The van der Waals surface area contributed by atoms with Gasteiger partial charge in [-0.1, -0.05) is 12.1 Å². The zero-order valence-corrected chi connectivity index (χ0v) is 7.06. The van der Waals surface area contributed by atoms with Crippen molar-refractivity contribution in [1.82, 2.24) is 0 Å². The van der Waals surface area contributed by atoms with E-state index in [0.29, 0.717) is 6.00 Å². The van der Waals surface area contributed by atoms with E-state index in [9.17, 15) is 0 Å². The second kappa shape index (κ2) is 4.09. The average Bonchev–Trinajstić information content (AvgIpc) is 2.06. The molecule has 0 saturated heterocycles. The summed E-state index contributed by atoms with van der Waals surface area (Å²) in [7, 11) is 1.63. The van der Waals surface area contributed by atoms with Gasteiger partial charge in [-0.25, -0.2) is 0 Å².